The Hall–Kier alpha value is -1.89. The highest BCUT2D eigenvalue weighted by Crippen LogP contribution is 2.55. The topological polar surface area (TPSA) is 59.1 Å². The second kappa shape index (κ2) is 7.86. The van der Waals surface area contributed by atoms with Crippen LogP contribution >= 0.6 is 12.2 Å². The summed E-state index contributed by atoms with van der Waals surface area (Å²) in [6, 6.07) is 0. The predicted molar refractivity (Wildman–Crippen MR) is 127 cm³/mol. The van der Waals surface area contributed by atoms with Gasteiger partial charge in [0, 0.05) is 42.5 Å². The van der Waals surface area contributed by atoms with Gasteiger partial charge in [0.05, 0.1) is 12.2 Å². The molecule has 1 aliphatic heterocycles. The lowest BCUT2D eigenvalue weighted by atomic mass is 9.53. The predicted octanol–water partition coefficient (Wildman–Crippen LogP) is 4.56. The number of hydrogen-bond donors (Lipinski definition) is 1. The minimum atomic E-state index is 0.299. The zero-order valence-electron chi connectivity index (χ0n) is 19.3. The van der Waals surface area contributed by atoms with E-state index in [9.17, 15) is 0 Å². The fraction of sp³-hybridized carbons (Fsp3) is 0.720. The molecule has 0 radical (unpaired) electrons. The zero-order chi connectivity index (χ0) is 21.9. The minimum Gasteiger partial charge on any atom is -0.361 e. The van der Waals surface area contributed by atoms with E-state index in [1.807, 2.05) is 20.0 Å². The van der Waals surface area contributed by atoms with Gasteiger partial charge in [-0.1, -0.05) is 5.16 Å². The van der Waals surface area contributed by atoms with Crippen LogP contribution in [0.4, 0.5) is 0 Å². The van der Waals surface area contributed by atoms with Crippen molar-refractivity contribution in [1.29, 1.82) is 0 Å². The molecule has 5 aliphatic rings. The molecule has 1 N–H and O–H groups in total. The van der Waals surface area contributed by atoms with Crippen LogP contribution in [0.1, 0.15) is 80.1 Å². The highest BCUT2D eigenvalue weighted by molar-refractivity contribution is 7.80. The normalized spacial score (nSPS) is 31.9. The van der Waals surface area contributed by atoms with Crippen LogP contribution in [0.15, 0.2) is 16.9 Å². The number of aromatic nitrogens is 3. The van der Waals surface area contributed by atoms with Crippen molar-refractivity contribution >= 4 is 17.3 Å². The fourth-order valence-electron chi connectivity index (χ4n) is 7.62. The van der Waals surface area contributed by atoms with Crippen molar-refractivity contribution < 1.29 is 4.52 Å². The third kappa shape index (κ3) is 3.66. The zero-order valence-corrected chi connectivity index (χ0v) is 20.2. The molecule has 2 aromatic rings. The molecular weight excluding hydrogens is 418 g/mol. The van der Waals surface area contributed by atoms with Gasteiger partial charge < -0.3 is 19.3 Å². The summed E-state index contributed by atoms with van der Waals surface area (Å²) < 4.78 is 7.63. The molecule has 6 nitrogen and oxygen atoms in total. The monoisotopic (exact) mass is 453 g/mol. The summed E-state index contributed by atoms with van der Waals surface area (Å²) in [5.41, 5.74) is 2.44. The molecule has 0 spiro atoms. The van der Waals surface area contributed by atoms with Gasteiger partial charge in [0.25, 0.3) is 0 Å². The molecule has 1 saturated heterocycles. The second-order valence-electron chi connectivity index (χ2n) is 11.1. The summed E-state index contributed by atoms with van der Waals surface area (Å²) in [7, 11) is 0. The molecule has 0 amide bonds. The Morgan fingerprint density at radius 2 is 1.78 bits per heavy atom. The largest absolute Gasteiger partial charge is 0.361 e. The number of nitrogens with one attached hydrogen (secondary N) is 1. The van der Waals surface area contributed by atoms with E-state index in [-0.39, 0.29) is 0 Å². The molecular formula is C25H35N5OS. The van der Waals surface area contributed by atoms with E-state index in [1.165, 1.54) is 49.9 Å². The van der Waals surface area contributed by atoms with Crippen molar-refractivity contribution in [2.75, 3.05) is 13.1 Å². The molecule has 2 aromatic heterocycles. The van der Waals surface area contributed by atoms with Crippen molar-refractivity contribution in [3.8, 4) is 0 Å². The molecule has 7 heteroatoms. The van der Waals surface area contributed by atoms with Gasteiger partial charge in [-0.2, -0.15) is 0 Å². The summed E-state index contributed by atoms with van der Waals surface area (Å²) >= 11 is 5.96. The van der Waals surface area contributed by atoms with Gasteiger partial charge >= 0.3 is 0 Å². The maximum absolute atomic E-state index is 5.96. The lowest BCUT2D eigenvalue weighted by Gasteiger charge is -2.57. The number of likely N-dealkylation sites (tertiary alicyclic amines) is 1. The first-order valence-electron chi connectivity index (χ1n) is 12.5. The summed E-state index contributed by atoms with van der Waals surface area (Å²) in [5.74, 6) is 5.39. The van der Waals surface area contributed by atoms with Gasteiger partial charge in [-0.3, -0.25) is 0 Å². The number of imidazole rings is 1. The maximum Gasteiger partial charge on any atom is 0.169 e. The van der Waals surface area contributed by atoms with Crippen LogP contribution in [0.3, 0.4) is 0 Å². The average Bonchev–Trinajstić information content (AvgIpc) is 3.34. The summed E-state index contributed by atoms with van der Waals surface area (Å²) in [6.45, 7) is 6.81. The summed E-state index contributed by atoms with van der Waals surface area (Å²) in [5, 5.41) is 9.03. The third-order valence-electron chi connectivity index (χ3n) is 8.82. The number of nitrogens with zero attached hydrogens (tertiary/aromatic N) is 4. The summed E-state index contributed by atoms with van der Waals surface area (Å²) in [4.78, 5) is 7.16. The van der Waals surface area contributed by atoms with Crippen molar-refractivity contribution in [3.63, 3.8) is 0 Å². The van der Waals surface area contributed by atoms with Gasteiger partial charge in [-0.15, -0.1) is 0 Å². The molecule has 172 valence electrons. The highest BCUT2D eigenvalue weighted by Gasteiger charge is 2.51. The maximum atomic E-state index is 5.96. The Bertz CT molecular complexity index is 947. The van der Waals surface area contributed by atoms with Crippen LogP contribution < -0.4 is 5.32 Å². The Labute approximate surface area is 196 Å². The van der Waals surface area contributed by atoms with Gasteiger partial charge in [0.1, 0.15) is 11.6 Å². The number of rotatable bonds is 4. The molecule has 32 heavy (non-hydrogen) atoms. The molecule has 0 atom stereocenters. The first-order valence-corrected chi connectivity index (χ1v) is 12.9. The average molecular weight is 454 g/mol. The minimum absolute atomic E-state index is 0.299. The van der Waals surface area contributed by atoms with E-state index in [0.717, 1.165) is 66.8 Å². The first-order chi connectivity index (χ1) is 15.5. The Morgan fingerprint density at radius 1 is 1.12 bits per heavy atom. The van der Waals surface area contributed by atoms with E-state index >= 15 is 0 Å². The van der Waals surface area contributed by atoms with Crippen molar-refractivity contribution in [2.24, 2.45) is 17.8 Å². The number of hydrogen-bond acceptors (Lipinski definition) is 4. The van der Waals surface area contributed by atoms with E-state index in [4.69, 9.17) is 21.7 Å². The first kappa shape index (κ1) is 20.7. The standard InChI is InChI=1S/C25H35N5OS/c1-16-22(17(2)31-28-16)15-30-8-5-26-23(30)21-3-6-29(7-4-21)24(32)27-25-12-18-9-19(13-25)11-20(10-18)14-25/h5,8,18-21H,3-4,6-7,9-15H2,1-2H3,(H,27,32). The van der Waals surface area contributed by atoms with Crippen molar-refractivity contribution in [2.45, 2.75) is 83.2 Å². The van der Waals surface area contributed by atoms with E-state index in [1.54, 1.807) is 0 Å². The number of aryl methyl sites for hydroxylation is 2. The molecule has 5 fully saturated rings. The van der Waals surface area contributed by atoms with E-state index in [2.05, 4.69) is 26.1 Å². The molecule has 4 bridgehead atoms. The Kier molecular flexibility index (Phi) is 5.08. The number of piperidine rings is 1. The third-order valence-corrected chi connectivity index (χ3v) is 9.18. The van der Waals surface area contributed by atoms with E-state index in [0.29, 0.717) is 11.5 Å². The SMILES string of the molecule is Cc1noc(C)c1Cn1ccnc1C1CCN(C(=S)NC23CC4CC(CC(C4)C2)C3)CC1. The van der Waals surface area contributed by atoms with E-state index < -0.39 is 0 Å². The molecule has 7 rings (SSSR count). The van der Waals surface area contributed by atoms with Crippen LogP contribution in [0.5, 0.6) is 0 Å². The van der Waals surface area contributed by atoms with Crippen LogP contribution in [0, 0.1) is 31.6 Å². The van der Waals surface area contributed by atoms with Crippen LogP contribution in [0.2, 0.25) is 0 Å². The van der Waals surface area contributed by atoms with Gasteiger partial charge in [0.2, 0.25) is 0 Å². The van der Waals surface area contributed by atoms with Gasteiger partial charge in [-0.25, -0.2) is 4.98 Å². The van der Waals surface area contributed by atoms with Crippen molar-refractivity contribution in [1.82, 2.24) is 24.9 Å². The molecule has 4 aliphatic carbocycles. The molecule has 4 saturated carbocycles. The quantitative estimate of drug-likeness (QED) is 0.685. The highest BCUT2D eigenvalue weighted by atomic mass is 32.1. The molecule has 3 heterocycles. The lowest BCUT2D eigenvalue weighted by molar-refractivity contribution is -0.0113. The molecule has 0 unspecified atom stereocenters. The van der Waals surface area contributed by atoms with Gasteiger partial charge in [0.15, 0.2) is 5.11 Å². The smallest absolute Gasteiger partial charge is 0.169 e. The lowest BCUT2D eigenvalue weighted by Crippen LogP contribution is -2.62. The molecule has 0 aromatic carbocycles. The fourth-order valence-corrected chi connectivity index (χ4v) is 8.02. The van der Waals surface area contributed by atoms with Crippen molar-refractivity contribution in [3.05, 3.63) is 35.2 Å². The number of thiocarbonyl (C=S) groups is 1. The van der Waals surface area contributed by atoms with Gasteiger partial charge in [-0.05, 0) is 95.2 Å². The van der Waals surface area contributed by atoms with Crippen LogP contribution in [0.25, 0.3) is 0 Å². The Balaban J connectivity index is 1.08. The van der Waals surface area contributed by atoms with Crippen LogP contribution in [-0.2, 0) is 6.54 Å². The van der Waals surface area contributed by atoms with Crippen LogP contribution in [-0.4, -0.2) is 43.3 Å². The Morgan fingerprint density at radius 3 is 2.38 bits per heavy atom. The summed E-state index contributed by atoms with van der Waals surface area (Å²) in [6.07, 6.45) is 14.7. The second-order valence-corrected chi connectivity index (χ2v) is 11.5.